The fourth-order valence-corrected chi connectivity index (χ4v) is 2.15. The third-order valence-corrected chi connectivity index (χ3v) is 3.21. The molecule has 18 heavy (non-hydrogen) atoms. The van der Waals surface area contributed by atoms with Gasteiger partial charge in [0, 0.05) is 17.7 Å². The molecule has 1 atom stereocenters. The lowest BCUT2D eigenvalue weighted by Gasteiger charge is -2.09. The van der Waals surface area contributed by atoms with Gasteiger partial charge in [-0.3, -0.25) is 9.59 Å². The van der Waals surface area contributed by atoms with E-state index in [-0.39, 0.29) is 11.7 Å². The molecule has 0 radical (unpaired) electrons. The molecule has 1 aliphatic heterocycles. The second kappa shape index (κ2) is 5.78. The average Bonchev–Trinajstić information content (AvgIpc) is 2.82. The van der Waals surface area contributed by atoms with Gasteiger partial charge >= 0.3 is 0 Å². The minimum absolute atomic E-state index is 0.0323. The van der Waals surface area contributed by atoms with Crippen LogP contribution < -0.4 is 10.6 Å². The molecule has 2 rings (SSSR count). The van der Waals surface area contributed by atoms with E-state index in [1.807, 2.05) is 0 Å². The van der Waals surface area contributed by atoms with E-state index < -0.39 is 0 Å². The first-order chi connectivity index (χ1) is 8.65. The van der Waals surface area contributed by atoms with Crippen LogP contribution in [0.3, 0.4) is 0 Å². The summed E-state index contributed by atoms with van der Waals surface area (Å²) in [6, 6.07) is 6.99. The maximum absolute atomic E-state index is 11.8. The smallest absolute Gasteiger partial charge is 0.224 e. The molecule has 1 amide bonds. The fourth-order valence-electron chi connectivity index (χ4n) is 2.15. The van der Waals surface area contributed by atoms with Crippen molar-refractivity contribution in [1.29, 1.82) is 0 Å². The lowest BCUT2D eigenvalue weighted by atomic mass is 10.0. The van der Waals surface area contributed by atoms with Crippen LogP contribution in [-0.4, -0.2) is 24.8 Å². The zero-order valence-electron chi connectivity index (χ0n) is 10.5. The molecule has 0 aliphatic carbocycles. The standard InChI is InChI=1S/C14H18N2O2/c1-10(17)12-2-4-13(5-3-12)16-14(18)8-11-6-7-15-9-11/h2-5,11,15H,6-9H2,1H3,(H,16,18). The first-order valence-electron chi connectivity index (χ1n) is 6.27. The van der Waals surface area contributed by atoms with Crippen LogP contribution in [0.15, 0.2) is 24.3 Å². The van der Waals surface area contributed by atoms with Crippen molar-refractivity contribution < 1.29 is 9.59 Å². The molecule has 0 bridgehead atoms. The van der Waals surface area contributed by atoms with Gasteiger partial charge in [0.2, 0.25) is 5.91 Å². The highest BCUT2D eigenvalue weighted by molar-refractivity contribution is 5.95. The highest BCUT2D eigenvalue weighted by Crippen LogP contribution is 2.15. The molecule has 1 aromatic carbocycles. The molecular formula is C14H18N2O2. The predicted molar refractivity (Wildman–Crippen MR) is 70.7 cm³/mol. The summed E-state index contributed by atoms with van der Waals surface area (Å²) < 4.78 is 0. The first-order valence-corrected chi connectivity index (χ1v) is 6.27. The molecule has 96 valence electrons. The minimum atomic E-state index is 0.0323. The van der Waals surface area contributed by atoms with Crippen molar-refractivity contribution >= 4 is 17.4 Å². The van der Waals surface area contributed by atoms with E-state index in [1.165, 1.54) is 6.92 Å². The van der Waals surface area contributed by atoms with Gasteiger partial charge in [0.1, 0.15) is 0 Å². The number of ketones is 1. The number of hydrogen-bond acceptors (Lipinski definition) is 3. The first kappa shape index (κ1) is 12.8. The number of hydrogen-bond donors (Lipinski definition) is 2. The topological polar surface area (TPSA) is 58.2 Å². The van der Waals surface area contributed by atoms with E-state index in [1.54, 1.807) is 24.3 Å². The molecule has 1 unspecified atom stereocenters. The predicted octanol–water partition coefficient (Wildman–Crippen LogP) is 1.83. The molecular weight excluding hydrogens is 228 g/mol. The number of amides is 1. The highest BCUT2D eigenvalue weighted by Gasteiger charge is 2.17. The quantitative estimate of drug-likeness (QED) is 0.797. The maximum atomic E-state index is 11.8. The van der Waals surface area contributed by atoms with Gasteiger partial charge in [0.15, 0.2) is 5.78 Å². The molecule has 1 saturated heterocycles. The van der Waals surface area contributed by atoms with E-state index in [0.29, 0.717) is 17.9 Å². The van der Waals surface area contributed by atoms with Gasteiger partial charge in [-0.1, -0.05) is 0 Å². The Balaban J connectivity index is 1.88. The molecule has 0 spiro atoms. The van der Waals surface area contributed by atoms with Gasteiger partial charge in [-0.15, -0.1) is 0 Å². The van der Waals surface area contributed by atoms with E-state index in [4.69, 9.17) is 0 Å². The van der Waals surface area contributed by atoms with E-state index in [0.717, 1.165) is 25.2 Å². The van der Waals surface area contributed by atoms with E-state index in [9.17, 15) is 9.59 Å². The van der Waals surface area contributed by atoms with Crippen molar-refractivity contribution in [3.8, 4) is 0 Å². The van der Waals surface area contributed by atoms with Crippen molar-refractivity contribution in [2.24, 2.45) is 5.92 Å². The Morgan fingerprint density at radius 1 is 1.33 bits per heavy atom. The van der Waals surface area contributed by atoms with Crippen LogP contribution in [0.2, 0.25) is 0 Å². The maximum Gasteiger partial charge on any atom is 0.224 e. The summed E-state index contributed by atoms with van der Waals surface area (Å²) in [5.41, 5.74) is 1.41. The van der Waals surface area contributed by atoms with Gasteiger partial charge in [0.25, 0.3) is 0 Å². The molecule has 0 saturated carbocycles. The van der Waals surface area contributed by atoms with Crippen LogP contribution in [0, 0.1) is 5.92 Å². The largest absolute Gasteiger partial charge is 0.326 e. The Hall–Kier alpha value is -1.68. The van der Waals surface area contributed by atoms with Crippen molar-refractivity contribution in [2.75, 3.05) is 18.4 Å². The number of anilines is 1. The van der Waals surface area contributed by atoms with Gasteiger partial charge in [-0.05, 0) is 56.6 Å². The third-order valence-electron chi connectivity index (χ3n) is 3.21. The zero-order chi connectivity index (χ0) is 13.0. The van der Waals surface area contributed by atoms with Crippen LogP contribution in [-0.2, 0) is 4.79 Å². The van der Waals surface area contributed by atoms with Crippen molar-refractivity contribution in [1.82, 2.24) is 5.32 Å². The average molecular weight is 246 g/mol. The Morgan fingerprint density at radius 3 is 2.61 bits per heavy atom. The normalized spacial score (nSPS) is 18.6. The third kappa shape index (κ3) is 3.40. The van der Waals surface area contributed by atoms with E-state index in [2.05, 4.69) is 10.6 Å². The van der Waals surface area contributed by atoms with Crippen molar-refractivity contribution in [3.05, 3.63) is 29.8 Å². The van der Waals surface area contributed by atoms with Gasteiger partial charge < -0.3 is 10.6 Å². The fraction of sp³-hybridized carbons (Fsp3) is 0.429. The lowest BCUT2D eigenvalue weighted by molar-refractivity contribution is -0.116. The number of carbonyl (C=O) groups excluding carboxylic acids is 2. The summed E-state index contributed by atoms with van der Waals surface area (Å²) in [5.74, 6) is 0.519. The molecule has 2 N–H and O–H groups in total. The Labute approximate surface area is 107 Å². The van der Waals surface area contributed by atoms with Crippen molar-refractivity contribution in [2.45, 2.75) is 19.8 Å². The zero-order valence-corrected chi connectivity index (χ0v) is 10.5. The van der Waals surface area contributed by atoms with Gasteiger partial charge in [-0.2, -0.15) is 0 Å². The Kier molecular flexibility index (Phi) is 4.10. The second-order valence-electron chi connectivity index (χ2n) is 4.74. The summed E-state index contributed by atoms with van der Waals surface area (Å²) in [7, 11) is 0. The lowest BCUT2D eigenvalue weighted by Crippen LogP contribution is -2.18. The van der Waals surface area contributed by atoms with Crippen LogP contribution >= 0.6 is 0 Å². The summed E-state index contributed by atoms with van der Waals surface area (Å²) >= 11 is 0. The number of benzene rings is 1. The number of carbonyl (C=O) groups is 2. The van der Waals surface area contributed by atoms with Crippen LogP contribution in [0.1, 0.15) is 30.1 Å². The molecule has 1 aromatic rings. The van der Waals surface area contributed by atoms with Crippen LogP contribution in [0.5, 0.6) is 0 Å². The van der Waals surface area contributed by atoms with Gasteiger partial charge in [0.05, 0.1) is 0 Å². The van der Waals surface area contributed by atoms with Crippen molar-refractivity contribution in [3.63, 3.8) is 0 Å². The summed E-state index contributed by atoms with van der Waals surface area (Å²) in [6.07, 6.45) is 1.62. The minimum Gasteiger partial charge on any atom is -0.326 e. The molecule has 0 aromatic heterocycles. The SMILES string of the molecule is CC(=O)c1ccc(NC(=O)CC2CCNC2)cc1. The van der Waals surface area contributed by atoms with Crippen LogP contribution in [0.25, 0.3) is 0 Å². The molecule has 4 nitrogen and oxygen atoms in total. The highest BCUT2D eigenvalue weighted by atomic mass is 16.1. The molecule has 1 heterocycles. The monoisotopic (exact) mass is 246 g/mol. The second-order valence-corrected chi connectivity index (χ2v) is 4.74. The number of rotatable bonds is 4. The van der Waals surface area contributed by atoms with E-state index >= 15 is 0 Å². The summed E-state index contributed by atoms with van der Waals surface area (Å²) in [4.78, 5) is 22.9. The number of Topliss-reactive ketones (excluding diaryl/α,β-unsaturated/α-hetero) is 1. The molecule has 1 fully saturated rings. The Morgan fingerprint density at radius 2 is 2.06 bits per heavy atom. The van der Waals surface area contributed by atoms with Crippen LogP contribution in [0.4, 0.5) is 5.69 Å². The Bertz CT molecular complexity index is 434. The summed E-state index contributed by atoms with van der Waals surface area (Å²) in [6.45, 7) is 3.46. The number of nitrogens with one attached hydrogen (secondary N) is 2. The summed E-state index contributed by atoms with van der Waals surface area (Å²) in [5, 5.41) is 6.10. The van der Waals surface area contributed by atoms with Gasteiger partial charge in [-0.25, -0.2) is 0 Å². The molecule has 1 aliphatic rings. The molecule has 4 heteroatoms.